The smallest absolute Gasteiger partial charge is 0.186 e. The van der Waals surface area contributed by atoms with Gasteiger partial charge in [-0.3, -0.25) is 9.59 Å². The summed E-state index contributed by atoms with van der Waals surface area (Å²) in [5, 5.41) is 20.1. The van der Waals surface area contributed by atoms with Gasteiger partial charge >= 0.3 is 0 Å². The Morgan fingerprint density at radius 3 is 1.04 bits per heavy atom. The van der Waals surface area contributed by atoms with Crippen LogP contribution in [0.25, 0.3) is 11.4 Å². The second-order valence-electron chi connectivity index (χ2n) is 18.3. The molecule has 2 aromatic carbocycles. The lowest BCUT2D eigenvalue weighted by Crippen LogP contribution is -2.28. The van der Waals surface area contributed by atoms with Crippen LogP contribution in [0.15, 0.2) is 131 Å². The van der Waals surface area contributed by atoms with E-state index in [1.165, 1.54) is 0 Å². The molecule has 0 fully saturated rings. The Morgan fingerprint density at radius 2 is 0.772 bits per heavy atom. The van der Waals surface area contributed by atoms with Crippen LogP contribution in [0.3, 0.4) is 0 Å². The third-order valence-corrected chi connectivity index (χ3v) is 10.4. The zero-order chi connectivity index (χ0) is 42.4. The van der Waals surface area contributed by atoms with Crippen molar-refractivity contribution in [2.24, 2.45) is 42.1 Å². The van der Waals surface area contributed by atoms with Gasteiger partial charge in [-0.15, -0.1) is 20.5 Å². The van der Waals surface area contributed by atoms with Crippen molar-refractivity contribution >= 4 is 80.7 Å². The molecule has 0 unspecified atom stereocenters. The molecule has 0 amide bonds. The van der Waals surface area contributed by atoms with Crippen LogP contribution in [-0.4, -0.2) is 11.6 Å². The average Bonchev–Trinajstić information content (AvgIpc) is 3.55. The molecular weight excluding hydrogens is 798 g/mol. The monoisotopic (exact) mass is 844 g/mol. The number of ketones is 2. The summed E-state index contributed by atoms with van der Waals surface area (Å²) >= 11 is 25.5. The highest BCUT2D eigenvalue weighted by Gasteiger charge is 2.37. The first-order valence-corrected chi connectivity index (χ1v) is 20.1. The van der Waals surface area contributed by atoms with Crippen molar-refractivity contribution in [3.8, 4) is 0 Å². The van der Waals surface area contributed by atoms with Gasteiger partial charge in [0.25, 0.3) is 0 Å². The minimum atomic E-state index is -0.489. The van der Waals surface area contributed by atoms with Gasteiger partial charge in [0.2, 0.25) is 0 Å². The largest absolute Gasteiger partial charge is 0.453 e. The average molecular weight is 847 g/mol. The van der Waals surface area contributed by atoms with Crippen molar-refractivity contribution in [2.75, 3.05) is 0 Å². The molecule has 0 saturated carbocycles. The predicted octanol–water partition coefficient (Wildman–Crippen LogP) is 15.9. The van der Waals surface area contributed by atoms with E-state index in [9.17, 15) is 9.59 Å². The van der Waals surface area contributed by atoms with Crippen LogP contribution >= 0.6 is 46.4 Å². The second kappa shape index (κ2) is 16.2. The lowest BCUT2D eigenvalue weighted by molar-refractivity contribution is -0.114. The zero-order valence-electron chi connectivity index (χ0n) is 34.5. The Kier molecular flexibility index (Phi) is 12.5. The van der Waals surface area contributed by atoms with Crippen molar-refractivity contribution in [2.45, 2.75) is 83.1 Å². The number of rotatable bonds is 6. The van der Waals surface area contributed by atoms with E-state index >= 15 is 0 Å². The van der Waals surface area contributed by atoms with Gasteiger partial charge in [-0.1, -0.05) is 129 Å². The molecule has 298 valence electrons. The van der Waals surface area contributed by atoms with E-state index in [1.54, 1.807) is 48.5 Å². The van der Waals surface area contributed by atoms with Crippen LogP contribution in [-0.2, 0) is 9.59 Å². The maximum absolute atomic E-state index is 13.9. The number of carbonyl (C=O) groups excluding carboxylic acids is 2. The normalized spacial score (nSPS) is 16.0. The lowest BCUT2D eigenvalue weighted by atomic mass is 9.71. The first kappa shape index (κ1) is 44.0. The van der Waals surface area contributed by atoms with Crippen LogP contribution in [0.2, 0.25) is 20.1 Å². The number of carbonyl (C=O) groups is 2. The van der Waals surface area contributed by atoms with E-state index in [2.05, 4.69) is 10.2 Å². The van der Waals surface area contributed by atoms with Crippen molar-refractivity contribution in [1.29, 1.82) is 0 Å². The fraction of sp³-hybridized carbons (Fsp3) is 0.348. The molecule has 0 aliphatic heterocycles. The maximum atomic E-state index is 13.9. The van der Waals surface area contributed by atoms with Crippen LogP contribution in [0.4, 0.5) is 11.4 Å². The van der Waals surface area contributed by atoms with E-state index in [4.69, 9.17) is 61.0 Å². The quantitative estimate of drug-likeness (QED) is 0.231. The number of halogens is 4. The first-order valence-electron chi connectivity index (χ1n) is 18.6. The summed E-state index contributed by atoms with van der Waals surface area (Å²) in [5.41, 5.74) is 3.25. The summed E-state index contributed by atoms with van der Waals surface area (Å²) in [6.07, 6.45) is 7.40. The molecule has 0 saturated heterocycles. The number of nitrogens with zero attached hydrogens (tertiary/aromatic N) is 4. The van der Waals surface area contributed by atoms with E-state index in [-0.39, 0.29) is 11.6 Å². The summed E-state index contributed by atoms with van der Waals surface area (Å²) in [6, 6.07) is 13.4. The summed E-state index contributed by atoms with van der Waals surface area (Å²) in [5.74, 6) is 0.613. The molecule has 11 heteroatoms. The van der Waals surface area contributed by atoms with Gasteiger partial charge < -0.3 is 4.42 Å². The summed E-state index contributed by atoms with van der Waals surface area (Å²) < 4.78 is 6.71. The molecule has 1 aromatic heterocycles. The molecule has 57 heavy (non-hydrogen) atoms. The van der Waals surface area contributed by atoms with Crippen LogP contribution < -0.4 is 0 Å². The van der Waals surface area contributed by atoms with Gasteiger partial charge in [0.05, 0.1) is 10.0 Å². The minimum absolute atomic E-state index is 0.0288. The van der Waals surface area contributed by atoms with Crippen molar-refractivity contribution < 1.29 is 14.0 Å². The summed E-state index contributed by atoms with van der Waals surface area (Å²) in [4.78, 5) is 27.9. The molecule has 0 atom stereocenters. The molecule has 1 heterocycles. The summed E-state index contributed by atoms with van der Waals surface area (Å²) in [7, 11) is 0. The highest BCUT2D eigenvalue weighted by Crippen LogP contribution is 2.44. The number of allylic oxidation sites excluding steroid dienone is 10. The third-order valence-electron chi connectivity index (χ3n) is 9.36. The first-order chi connectivity index (χ1) is 26.3. The van der Waals surface area contributed by atoms with Crippen molar-refractivity contribution in [3.05, 3.63) is 138 Å². The predicted molar refractivity (Wildman–Crippen MR) is 235 cm³/mol. The molecule has 2 aliphatic rings. The van der Waals surface area contributed by atoms with E-state index in [0.29, 0.717) is 87.8 Å². The molecule has 0 radical (unpaired) electrons. The SMILES string of the molecule is CC(C)(C)C1=CC(=C(N=Nc2ccc(Cl)cc2Cl)c2ccc(C(N=Nc3ccc(Cl)cc3Cl)=C3C=C(C(C)(C)C)C(=O)C(C(C)(C)C)=C3)o2)C=C(C(C)(C)C)C1=O. The fourth-order valence-corrected chi connectivity index (χ4v) is 7.08. The fourth-order valence-electron chi connectivity index (χ4n) is 6.18. The van der Waals surface area contributed by atoms with Crippen molar-refractivity contribution in [1.82, 2.24) is 0 Å². The van der Waals surface area contributed by atoms with Gasteiger partial charge in [0, 0.05) is 43.5 Å². The molecule has 5 rings (SSSR count). The van der Waals surface area contributed by atoms with E-state index in [1.807, 2.05) is 107 Å². The van der Waals surface area contributed by atoms with Gasteiger partial charge in [0.15, 0.2) is 23.1 Å². The van der Waals surface area contributed by atoms with Gasteiger partial charge in [-0.05, 0) is 94.5 Å². The Labute approximate surface area is 356 Å². The lowest BCUT2D eigenvalue weighted by Gasteiger charge is -2.31. The van der Waals surface area contributed by atoms with E-state index in [0.717, 1.165) is 0 Å². The zero-order valence-corrected chi connectivity index (χ0v) is 37.5. The van der Waals surface area contributed by atoms with Gasteiger partial charge in [-0.25, -0.2) is 0 Å². The highest BCUT2D eigenvalue weighted by atomic mass is 35.5. The molecule has 7 nitrogen and oxygen atoms in total. The Morgan fingerprint density at radius 1 is 0.474 bits per heavy atom. The topological polar surface area (TPSA) is 96.7 Å². The number of Topliss-reactive ketones (excluding diaryl/α,β-unsaturated/α-hetero) is 2. The molecule has 0 spiro atoms. The third kappa shape index (κ3) is 10.1. The number of furan rings is 1. The summed E-state index contributed by atoms with van der Waals surface area (Å²) in [6.45, 7) is 24.0. The minimum Gasteiger partial charge on any atom is -0.453 e. The highest BCUT2D eigenvalue weighted by molar-refractivity contribution is 6.36. The molecule has 0 bridgehead atoms. The number of benzene rings is 2. The Hall–Kier alpha value is -4.14. The van der Waals surface area contributed by atoms with Crippen LogP contribution in [0, 0.1) is 21.7 Å². The molecule has 0 N–H and O–H groups in total. The number of azo groups is 2. The van der Waals surface area contributed by atoms with Gasteiger partial charge in [-0.2, -0.15) is 0 Å². The van der Waals surface area contributed by atoms with Gasteiger partial charge in [0.1, 0.15) is 22.8 Å². The molecular formula is C46H48Cl4N4O3. The van der Waals surface area contributed by atoms with Crippen LogP contribution in [0.1, 0.15) is 94.6 Å². The standard InChI is InChI=1S/C46H48Cl4N4O3/c1-43(2,3)29-19-25(20-30(41(29)55)44(4,5)6)39(53-51-35-15-13-27(47)23-33(35)49)37-17-18-38(57-37)40(54-52-36-16-14-28(48)24-34(36)50)26-21-31(45(7,8)9)42(56)32(22-26)46(10,11)12/h13-24H,1-12H3. The molecule has 2 aliphatic carbocycles. The maximum Gasteiger partial charge on any atom is 0.186 e. The van der Waals surface area contributed by atoms with Crippen LogP contribution in [0.5, 0.6) is 0 Å². The molecule has 3 aromatic rings. The van der Waals surface area contributed by atoms with E-state index < -0.39 is 21.7 Å². The number of hydrogen-bond acceptors (Lipinski definition) is 7. The second-order valence-corrected chi connectivity index (χ2v) is 19.9. The number of hydrogen-bond donors (Lipinski definition) is 0. The Bertz CT molecular complexity index is 2170. The van der Waals surface area contributed by atoms with Crippen molar-refractivity contribution in [3.63, 3.8) is 0 Å². The Balaban J connectivity index is 1.85.